The van der Waals surface area contributed by atoms with Crippen LogP contribution in [0.1, 0.15) is 17.7 Å². The van der Waals surface area contributed by atoms with Crippen LogP contribution in [0.3, 0.4) is 0 Å². The Morgan fingerprint density at radius 1 is 1.29 bits per heavy atom. The molecule has 0 radical (unpaired) electrons. The van der Waals surface area contributed by atoms with Crippen LogP contribution in [-0.4, -0.2) is 10.9 Å². The van der Waals surface area contributed by atoms with Crippen LogP contribution in [0.25, 0.3) is 10.9 Å². The summed E-state index contributed by atoms with van der Waals surface area (Å²) >= 11 is 5.71. The van der Waals surface area contributed by atoms with Gasteiger partial charge in [0.25, 0.3) is 0 Å². The highest BCUT2D eigenvalue weighted by atomic mass is 35.5. The Kier molecular flexibility index (Phi) is 2.78. The summed E-state index contributed by atoms with van der Waals surface area (Å²) in [6.07, 6.45) is 2.11. The summed E-state index contributed by atoms with van der Waals surface area (Å²) in [6.45, 7) is 2.13. The van der Waals surface area contributed by atoms with Crippen LogP contribution in [0, 0.1) is 6.92 Å². The summed E-state index contributed by atoms with van der Waals surface area (Å²) in [5, 5.41) is 1.34. The molecule has 0 aliphatic rings. The smallest absolute Gasteiger partial charge is 0.0458 e. The molecule has 2 aromatic rings. The lowest BCUT2D eigenvalue weighted by atomic mass is 10.1. The zero-order valence-corrected chi connectivity index (χ0v) is 9.06. The molecule has 2 heteroatoms. The fraction of sp³-hybridized carbons (Fsp3) is 0.333. The first-order chi connectivity index (χ1) is 6.83. The van der Waals surface area contributed by atoms with E-state index in [1.165, 1.54) is 22.2 Å². The number of H-pyrrole nitrogens is 1. The first-order valence-corrected chi connectivity index (χ1v) is 5.48. The van der Waals surface area contributed by atoms with Gasteiger partial charge in [0.2, 0.25) is 0 Å². The van der Waals surface area contributed by atoms with Crippen molar-refractivity contribution in [3.8, 4) is 0 Å². The van der Waals surface area contributed by atoms with Gasteiger partial charge in [0, 0.05) is 22.5 Å². The van der Waals surface area contributed by atoms with Crippen molar-refractivity contribution in [1.29, 1.82) is 0 Å². The molecule has 1 N–H and O–H groups in total. The van der Waals surface area contributed by atoms with Gasteiger partial charge in [-0.05, 0) is 31.4 Å². The molecule has 0 atom stereocenters. The van der Waals surface area contributed by atoms with Crippen LogP contribution < -0.4 is 0 Å². The van der Waals surface area contributed by atoms with Crippen LogP contribution >= 0.6 is 11.6 Å². The molecule has 14 heavy (non-hydrogen) atoms. The molecule has 0 amide bonds. The zero-order valence-electron chi connectivity index (χ0n) is 8.31. The molecule has 0 aliphatic carbocycles. The van der Waals surface area contributed by atoms with Crippen LogP contribution in [0.4, 0.5) is 0 Å². The molecule has 0 bridgehead atoms. The van der Waals surface area contributed by atoms with Crippen molar-refractivity contribution < 1.29 is 0 Å². The molecule has 0 saturated heterocycles. The Morgan fingerprint density at radius 3 is 2.86 bits per heavy atom. The molecule has 1 aromatic carbocycles. The summed E-state index contributed by atoms with van der Waals surface area (Å²) in [5.74, 6) is 0.735. The lowest BCUT2D eigenvalue weighted by molar-refractivity contribution is 0.925. The van der Waals surface area contributed by atoms with E-state index in [9.17, 15) is 0 Å². The molecular formula is C12H14ClN. The summed E-state index contributed by atoms with van der Waals surface area (Å²) in [4.78, 5) is 3.39. The summed E-state index contributed by atoms with van der Waals surface area (Å²) < 4.78 is 0. The number of nitrogens with one attached hydrogen (secondary N) is 1. The zero-order chi connectivity index (χ0) is 9.97. The number of hydrogen-bond donors (Lipinski definition) is 1. The number of benzene rings is 1. The van der Waals surface area contributed by atoms with Gasteiger partial charge in [-0.1, -0.05) is 18.2 Å². The van der Waals surface area contributed by atoms with E-state index in [1.807, 2.05) is 0 Å². The fourth-order valence-corrected chi connectivity index (χ4v) is 2.03. The van der Waals surface area contributed by atoms with Gasteiger partial charge in [-0.15, -0.1) is 11.6 Å². The molecule has 0 saturated carbocycles. The van der Waals surface area contributed by atoms with E-state index in [0.29, 0.717) is 0 Å². The predicted octanol–water partition coefficient (Wildman–Crippen LogP) is 3.65. The second kappa shape index (κ2) is 4.05. The van der Waals surface area contributed by atoms with Crippen molar-refractivity contribution in [3.05, 3.63) is 35.5 Å². The van der Waals surface area contributed by atoms with Crippen molar-refractivity contribution in [2.45, 2.75) is 19.8 Å². The van der Waals surface area contributed by atoms with E-state index >= 15 is 0 Å². The number of hydrogen-bond acceptors (Lipinski definition) is 0. The second-order valence-corrected chi connectivity index (χ2v) is 3.94. The Hall–Kier alpha value is -0.950. The van der Waals surface area contributed by atoms with Crippen molar-refractivity contribution in [2.75, 3.05) is 5.88 Å². The van der Waals surface area contributed by atoms with Crippen molar-refractivity contribution >= 4 is 22.5 Å². The van der Waals surface area contributed by atoms with E-state index < -0.39 is 0 Å². The molecule has 2 rings (SSSR count). The highest BCUT2D eigenvalue weighted by Gasteiger charge is 2.06. The maximum absolute atomic E-state index is 5.71. The molecule has 1 nitrogen and oxygen atoms in total. The second-order valence-electron chi connectivity index (χ2n) is 3.57. The molecule has 0 aliphatic heterocycles. The van der Waals surface area contributed by atoms with Crippen LogP contribution in [0.5, 0.6) is 0 Å². The monoisotopic (exact) mass is 207 g/mol. The number of halogens is 1. The molecule has 0 fully saturated rings. The maximum Gasteiger partial charge on any atom is 0.0458 e. The standard InChI is InChI=1S/C12H14ClN/c1-9-10(6-4-8-13)11-5-2-3-7-12(11)14-9/h2-3,5,7,14H,4,6,8H2,1H3. The predicted molar refractivity (Wildman–Crippen MR) is 62.1 cm³/mol. The first-order valence-electron chi connectivity index (χ1n) is 4.95. The van der Waals surface area contributed by atoms with Gasteiger partial charge in [0.1, 0.15) is 0 Å². The first kappa shape index (κ1) is 9.60. The maximum atomic E-state index is 5.71. The highest BCUT2D eigenvalue weighted by molar-refractivity contribution is 6.17. The molecule has 0 spiro atoms. The summed E-state index contributed by atoms with van der Waals surface area (Å²) in [6, 6.07) is 8.43. The van der Waals surface area contributed by atoms with E-state index in [-0.39, 0.29) is 0 Å². The average Bonchev–Trinajstić information content (AvgIpc) is 2.51. The van der Waals surface area contributed by atoms with E-state index in [4.69, 9.17) is 11.6 Å². The lowest BCUT2D eigenvalue weighted by Crippen LogP contribution is -1.87. The Balaban J connectivity index is 2.45. The minimum absolute atomic E-state index is 0.735. The number of fused-ring (bicyclic) bond motifs is 1. The Morgan fingerprint density at radius 2 is 2.07 bits per heavy atom. The Labute approximate surface area is 89.1 Å². The quantitative estimate of drug-likeness (QED) is 0.740. The minimum Gasteiger partial charge on any atom is -0.358 e. The van der Waals surface area contributed by atoms with Gasteiger partial charge in [0.15, 0.2) is 0 Å². The van der Waals surface area contributed by atoms with Gasteiger partial charge in [-0.2, -0.15) is 0 Å². The van der Waals surface area contributed by atoms with Gasteiger partial charge < -0.3 is 4.98 Å². The number of aryl methyl sites for hydroxylation is 2. The number of alkyl halides is 1. The van der Waals surface area contributed by atoms with Crippen LogP contribution in [0.15, 0.2) is 24.3 Å². The van der Waals surface area contributed by atoms with Gasteiger partial charge >= 0.3 is 0 Å². The van der Waals surface area contributed by atoms with Gasteiger partial charge in [-0.3, -0.25) is 0 Å². The van der Waals surface area contributed by atoms with Crippen molar-refractivity contribution in [2.24, 2.45) is 0 Å². The van der Waals surface area contributed by atoms with Crippen LogP contribution in [0.2, 0.25) is 0 Å². The lowest BCUT2D eigenvalue weighted by Gasteiger charge is -1.98. The third-order valence-corrected chi connectivity index (χ3v) is 2.85. The van der Waals surface area contributed by atoms with Crippen LogP contribution in [-0.2, 0) is 6.42 Å². The molecule has 74 valence electrons. The molecule has 1 heterocycles. The minimum atomic E-state index is 0.735. The summed E-state index contributed by atoms with van der Waals surface area (Å²) in [7, 11) is 0. The van der Waals surface area contributed by atoms with Gasteiger partial charge in [0.05, 0.1) is 0 Å². The highest BCUT2D eigenvalue weighted by Crippen LogP contribution is 2.22. The normalized spacial score (nSPS) is 11.0. The third kappa shape index (κ3) is 1.64. The number of aromatic nitrogens is 1. The third-order valence-electron chi connectivity index (χ3n) is 2.59. The molecular weight excluding hydrogens is 194 g/mol. The van der Waals surface area contributed by atoms with Crippen molar-refractivity contribution in [3.63, 3.8) is 0 Å². The van der Waals surface area contributed by atoms with Gasteiger partial charge in [-0.25, -0.2) is 0 Å². The van der Waals surface area contributed by atoms with E-state index in [2.05, 4.69) is 36.2 Å². The number of para-hydroxylation sites is 1. The molecule has 0 unspecified atom stereocenters. The number of aromatic amines is 1. The number of rotatable bonds is 3. The molecule has 1 aromatic heterocycles. The Bertz CT molecular complexity index is 431. The topological polar surface area (TPSA) is 15.8 Å². The fourth-order valence-electron chi connectivity index (χ4n) is 1.90. The van der Waals surface area contributed by atoms with E-state index in [1.54, 1.807) is 0 Å². The summed E-state index contributed by atoms with van der Waals surface area (Å²) in [5.41, 5.74) is 3.92. The van der Waals surface area contributed by atoms with E-state index in [0.717, 1.165) is 18.7 Å². The van der Waals surface area contributed by atoms with Crippen molar-refractivity contribution in [1.82, 2.24) is 4.98 Å². The largest absolute Gasteiger partial charge is 0.358 e. The SMILES string of the molecule is Cc1[nH]c2ccccc2c1CCCCl. The average molecular weight is 208 g/mol.